The van der Waals surface area contributed by atoms with Crippen LogP contribution in [0.1, 0.15) is 0 Å². The Hall–Kier alpha value is -7.56. The van der Waals surface area contributed by atoms with Gasteiger partial charge in [0.25, 0.3) is 0 Å². The summed E-state index contributed by atoms with van der Waals surface area (Å²) >= 11 is 0. The maximum atomic E-state index is 5.16. The van der Waals surface area contributed by atoms with E-state index in [2.05, 4.69) is 191 Å². The summed E-state index contributed by atoms with van der Waals surface area (Å²) < 4.78 is 4.83. The Bertz CT molecular complexity index is 3170. The largest absolute Gasteiger partial charge is 0.309 e. The summed E-state index contributed by atoms with van der Waals surface area (Å²) in [5, 5.41) is 4.92. The van der Waals surface area contributed by atoms with E-state index in [-0.39, 0.29) is 0 Å². The third-order valence-corrected chi connectivity index (χ3v) is 10.9. The molecule has 0 N–H and O–H groups in total. The zero-order valence-corrected chi connectivity index (χ0v) is 30.4. The van der Waals surface area contributed by atoms with Crippen molar-refractivity contribution in [2.75, 3.05) is 0 Å². The van der Waals surface area contributed by atoms with E-state index in [0.29, 0.717) is 5.82 Å². The summed E-state index contributed by atoms with van der Waals surface area (Å²) in [6.07, 6.45) is 0. The summed E-state index contributed by atoms with van der Waals surface area (Å²) in [5.41, 5.74) is 14.2. The van der Waals surface area contributed by atoms with Crippen molar-refractivity contribution in [2.45, 2.75) is 0 Å². The molecule has 0 saturated heterocycles. The lowest BCUT2D eigenvalue weighted by atomic mass is 9.97. The molecule has 0 amide bonds. The van der Waals surface area contributed by atoms with Crippen LogP contribution in [-0.2, 0) is 0 Å². The van der Waals surface area contributed by atoms with Gasteiger partial charge in [-0.05, 0) is 54.1 Å². The number of hydrogen-bond acceptors (Lipinski definition) is 2. The molecule has 0 aliphatic heterocycles. The number of rotatable bonds is 6. The van der Waals surface area contributed by atoms with Gasteiger partial charge in [-0.25, -0.2) is 9.97 Å². The molecule has 0 fully saturated rings. The van der Waals surface area contributed by atoms with Gasteiger partial charge in [0, 0.05) is 55.2 Å². The van der Waals surface area contributed by atoms with Gasteiger partial charge in [-0.15, -0.1) is 0 Å². The second kappa shape index (κ2) is 13.1. The fraction of sp³-hybridized carbons (Fsp3) is 0. The normalized spacial score (nSPS) is 11.6. The Morgan fingerprint density at radius 2 is 0.839 bits per heavy atom. The van der Waals surface area contributed by atoms with Crippen LogP contribution in [0.25, 0.3) is 100 Å². The monoisotopic (exact) mass is 714 g/mol. The molecular weight excluding hydrogens is 681 g/mol. The van der Waals surface area contributed by atoms with E-state index in [9.17, 15) is 0 Å². The highest BCUT2D eigenvalue weighted by molar-refractivity contribution is 6.20. The molecule has 4 nitrogen and oxygen atoms in total. The van der Waals surface area contributed by atoms with E-state index in [4.69, 9.17) is 9.97 Å². The molecule has 262 valence electrons. The summed E-state index contributed by atoms with van der Waals surface area (Å²) in [7, 11) is 0. The lowest BCUT2D eigenvalue weighted by molar-refractivity contribution is 1.16. The number of hydrogen-bond donors (Lipinski definition) is 0. The molecule has 3 heterocycles. The Kier molecular flexibility index (Phi) is 7.46. The fourth-order valence-electron chi connectivity index (χ4n) is 8.48. The highest BCUT2D eigenvalue weighted by atomic mass is 15.0. The minimum absolute atomic E-state index is 0.705. The predicted octanol–water partition coefficient (Wildman–Crippen LogP) is 13.3. The molecule has 8 aromatic carbocycles. The van der Waals surface area contributed by atoms with Gasteiger partial charge in [-0.3, -0.25) is 0 Å². The number of aromatic nitrogens is 4. The van der Waals surface area contributed by atoms with E-state index in [1.807, 2.05) is 24.3 Å². The van der Waals surface area contributed by atoms with Gasteiger partial charge in [-0.1, -0.05) is 158 Å². The van der Waals surface area contributed by atoms with Crippen LogP contribution in [0, 0.1) is 0 Å². The highest BCUT2D eigenvalue weighted by Gasteiger charge is 2.21. The van der Waals surface area contributed by atoms with Crippen LogP contribution in [0.2, 0.25) is 0 Å². The molecular formula is C52H34N4. The summed E-state index contributed by atoms with van der Waals surface area (Å²) in [4.78, 5) is 10.2. The summed E-state index contributed by atoms with van der Waals surface area (Å²) in [6, 6.07) is 73.2. The van der Waals surface area contributed by atoms with Crippen molar-refractivity contribution in [3.8, 4) is 56.4 Å². The maximum Gasteiger partial charge on any atom is 0.160 e. The van der Waals surface area contributed by atoms with E-state index < -0.39 is 0 Å². The third-order valence-electron chi connectivity index (χ3n) is 10.9. The second-order valence-corrected chi connectivity index (χ2v) is 14.2. The van der Waals surface area contributed by atoms with Crippen molar-refractivity contribution in [1.29, 1.82) is 0 Å². The molecule has 0 aliphatic carbocycles. The third kappa shape index (κ3) is 5.15. The lowest BCUT2D eigenvalue weighted by Gasteiger charge is -2.14. The standard InChI is InChI=1S/C52H34N4/c1-4-17-35(18-5-1)45-34-46(54-52(53-45)36-19-6-2-7-20-36)37-21-14-24-39(33-37)55-48-31-13-11-26-44(48)50-41(27-16-32-49(50)55)43-29-15-28-42-40-25-10-12-30-47(40)56(51(42)43)38-22-8-3-9-23-38/h1-34H. The average molecular weight is 715 g/mol. The molecule has 0 bridgehead atoms. The number of nitrogens with zero attached hydrogens (tertiary/aromatic N) is 4. The Morgan fingerprint density at radius 1 is 0.321 bits per heavy atom. The fourth-order valence-corrected chi connectivity index (χ4v) is 8.48. The minimum Gasteiger partial charge on any atom is -0.309 e. The zero-order chi connectivity index (χ0) is 37.0. The van der Waals surface area contributed by atoms with Crippen LogP contribution in [-0.4, -0.2) is 19.1 Å². The Balaban J connectivity index is 1.14. The van der Waals surface area contributed by atoms with Gasteiger partial charge in [0.15, 0.2) is 5.82 Å². The highest BCUT2D eigenvalue weighted by Crippen LogP contribution is 2.43. The average Bonchev–Trinajstić information content (AvgIpc) is 3.81. The molecule has 56 heavy (non-hydrogen) atoms. The van der Waals surface area contributed by atoms with Gasteiger partial charge in [0.05, 0.1) is 33.5 Å². The first-order chi connectivity index (χ1) is 27.8. The quantitative estimate of drug-likeness (QED) is 0.172. The maximum absolute atomic E-state index is 5.16. The number of para-hydroxylation sites is 4. The van der Waals surface area contributed by atoms with Crippen molar-refractivity contribution in [2.24, 2.45) is 0 Å². The molecule has 11 rings (SSSR count). The van der Waals surface area contributed by atoms with Crippen LogP contribution in [0.15, 0.2) is 206 Å². The first kappa shape index (κ1) is 31.9. The van der Waals surface area contributed by atoms with Gasteiger partial charge in [-0.2, -0.15) is 0 Å². The van der Waals surface area contributed by atoms with Gasteiger partial charge in [0.2, 0.25) is 0 Å². The van der Waals surface area contributed by atoms with Crippen molar-refractivity contribution in [1.82, 2.24) is 19.1 Å². The molecule has 4 heteroatoms. The first-order valence-electron chi connectivity index (χ1n) is 19.0. The van der Waals surface area contributed by atoms with Crippen molar-refractivity contribution < 1.29 is 0 Å². The van der Waals surface area contributed by atoms with Crippen LogP contribution >= 0.6 is 0 Å². The van der Waals surface area contributed by atoms with Crippen molar-refractivity contribution in [3.05, 3.63) is 206 Å². The first-order valence-corrected chi connectivity index (χ1v) is 19.0. The Morgan fingerprint density at radius 3 is 1.61 bits per heavy atom. The summed E-state index contributed by atoms with van der Waals surface area (Å²) in [6.45, 7) is 0. The van der Waals surface area contributed by atoms with E-state index in [1.165, 1.54) is 43.7 Å². The topological polar surface area (TPSA) is 35.6 Å². The molecule has 0 atom stereocenters. The Labute approximate surface area is 324 Å². The molecule has 3 aromatic heterocycles. The van der Waals surface area contributed by atoms with Crippen LogP contribution in [0.4, 0.5) is 0 Å². The summed E-state index contributed by atoms with van der Waals surface area (Å²) in [5.74, 6) is 0.705. The smallest absolute Gasteiger partial charge is 0.160 e. The van der Waals surface area contributed by atoms with Crippen LogP contribution in [0.5, 0.6) is 0 Å². The van der Waals surface area contributed by atoms with Crippen molar-refractivity contribution >= 4 is 43.6 Å². The molecule has 0 spiro atoms. The lowest BCUT2D eigenvalue weighted by Crippen LogP contribution is -1.98. The minimum atomic E-state index is 0.705. The van der Waals surface area contributed by atoms with Crippen LogP contribution in [0.3, 0.4) is 0 Å². The van der Waals surface area contributed by atoms with Crippen LogP contribution < -0.4 is 0 Å². The number of fused-ring (bicyclic) bond motifs is 6. The SMILES string of the molecule is c1ccc(-c2cc(-c3cccc(-n4c5ccccc5c5c(-c6cccc7c8ccccc8n(-c8ccccc8)c67)cccc54)c3)nc(-c3ccccc3)n2)cc1. The predicted molar refractivity (Wildman–Crippen MR) is 232 cm³/mol. The van der Waals surface area contributed by atoms with Gasteiger partial charge >= 0.3 is 0 Å². The van der Waals surface area contributed by atoms with E-state index >= 15 is 0 Å². The molecule has 0 unspecified atom stereocenters. The number of benzene rings is 8. The molecule has 0 aliphatic rings. The zero-order valence-electron chi connectivity index (χ0n) is 30.4. The van der Waals surface area contributed by atoms with E-state index in [0.717, 1.165) is 50.5 Å². The molecule has 0 radical (unpaired) electrons. The van der Waals surface area contributed by atoms with Crippen molar-refractivity contribution in [3.63, 3.8) is 0 Å². The van der Waals surface area contributed by atoms with Gasteiger partial charge in [0.1, 0.15) is 0 Å². The van der Waals surface area contributed by atoms with E-state index in [1.54, 1.807) is 0 Å². The van der Waals surface area contributed by atoms with Gasteiger partial charge < -0.3 is 9.13 Å². The second-order valence-electron chi connectivity index (χ2n) is 14.2. The molecule has 0 saturated carbocycles. The molecule has 11 aromatic rings.